The number of carboxylic acid groups (broad SMARTS) is 1. The number of benzene rings is 1. The number of hydrogen-bond donors (Lipinski definition) is 2. The maximum Gasteiger partial charge on any atom is 0.317 e. The van der Waals surface area contributed by atoms with Gasteiger partial charge in [0.05, 0.1) is 6.42 Å². The third kappa shape index (κ3) is 4.26. The molecule has 0 spiro atoms. The van der Waals surface area contributed by atoms with Gasteiger partial charge in [-0.15, -0.1) is 0 Å². The molecule has 2 N–H and O–H groups in total. The number of carboxylic acids is 1. The molecule has 5 heteroatoms. The zero-order valence-corrected chi connectivity index (χ0v) is 11.4. The van der Waals surface area contributed by atoms with E-state index in [4.69, 9.17) is 5.11 Å². The molecule has 1 heterocycles. The van der Waals surface area contributed by atoms with Gasteiger partial charge in [0.1, 0.15) is 0 Å². The average Bonchev–Trinajstić information content (AvgIpc) is 2.39. The first kappa shape index (κ1) is 14.4. The number of carbonyl (C=O) groups excluding carboxylic acids is 1. The molecule has 1 aromatic rings. The quantitative estimate of drug-likeness (QED) is 0.777. The number of aliphatic carboxylic acids is 1. The van der Waals surface area contributed by atoms with Crippen molar-refractivity contribution < 1.29 is 14.7 Å². The van der Waals surface area contributed by atoms with Crippen molar-refractivity contribution in [3.05, 3.63) is 35.9 Å². The number of carbonyl (C=O) groups is 2. The molecule has 0 aliphatic carbocycles. The highest BCUT2D eigenvalue weighted by Gasteiger charge is 2.31. The van der Waals surface area contributed by atoms with E-state index in [1.807, 2.05) is 18.2 Å². The smallest absolute Gasteiger partial charge is 0.317 e. The molecule has 0 aromatic heterocycles. The van der Waals surface area contributed by atoms with Gasteiger partial charge in [-0.3, -0.25) is 4.79 Å². The highest BCUT2D eigenvalue weighted by atomic mass is 16.4. The van der Waals surface area contributed by atoms with Crippen molar-refractivity contribution in [2.24, 2.45) is 5.92 Å². The number of hydrogen-bond acceptors (Lipinski definition) is 2. The van der Waals surface area contributed by atoms with E-state index in [2.05, 4.69) is 17.4 Å². The number of amides is 2. The van der Waals surface area contributed by atoms with E-state index in [-0.39, 0.29) is 18.4 Å². The van der Waals surface area contributed by atoms with Crippen LogP contribution >= 0.6 is 0 Å². The van der Waals surface area contributed by atoms with Gasteiger partial charge in [0.15, 0.2) is 0 Å². The van der Waals surface area contributed by atoms with E-state index < -0.39 is 5.97 Å². The molecule has 108 valence electrons. The van der Waals surface area contributed by atoms with Gasteiger partial charge in [-0.25, -0.2) is 4.79 Å². The van der Waals surface area contributed by atoms with Crippen molar-refractivity contribution in [1.29, 1.82) is 0 Å². The van der Waals surface area contributed by atoms with Crippen LogP contribution in [0.15, 0.2) is 30.3 Å². The summed E-state index contributed by atoms with van der Waals surface area (Å²) in [6.45, 7) is 1.75. The van der Waals surface area contributed by atoms with Crippen LogP contribution in [0.25, 0.3) is 0 Å². The first-order valence-electron chi connectivity index (χ1n) is 6.93. The largest absolute Gasteiger partial charge is 0.481 e. The van der Waals surface area contributed by atoms with E-state index in [1.54, 1.807) is 4.90 Å². The van der Waals surface area contributed by atoms with Gasteiger partial charge < -0.3 is 15.3 Å². The van der Waals surface area contributed by atoms with Gasteiger partial charge in [-0.2, -0.15) is 0 Å². The maximum atomic E-state index is 11.7. The Morgan fingerprint density at radius 3 is 2.60 bits per heavy atom. The average molecular weight is 276 g/mol. The normalized spacial score (nSPS) is 14.7. The maximum absolute atomic E-state index is 11.7. The number of nitrogens with one attached hydrogen (secondary N) is 1. The Kier molecular flexibility index (Phi) is 4.98. The van der Waals surface area contributed by atoms with Crippen LogP contribution in [0, 0.1) is 5.92 Å². The van der Waals surface area contributed by atoms with E-state index in [0.717, 1.165) is 12.8 Å². The molecule has 5 nitrogen and oxygen atoms in total. The molecule has 1 saturated heterocycles. The molecule has 2 rings (SSSR count). The molecular formula is C15H20N2O3. The molecule has 1 aliphatic heterocycles. The van der Waals surface area contributed by atoms with E-state index in [9.17, 15) is 9.59 Å². The van der Waals surface area contributed by atoms with E-state index in [0.29, 0.717) is 19.6 Å². The van der Waals surface area contributed by atoms with Crippen LogP contribution in [-0.2, 0) is 11.2 Å². The van der Waals surface area contributed by atoms with Crippen molar-refractivity contribution in [2.75, 3.05) is 19.6 Å². The second-order valence-corrected chi connectivity index (χ2v) is 5.19. The van der Waals surface area contributed by atoms with Crippen LogP contribution in [0.1, 0.15) is 18.4 Å². The van der Waals surface area contributed by atoms with Gasteiger partial charge in [0.2, 0.25) is 0 Å². The standard InChI is InChI=1S/C15H20N2O3/c18-14(19)9-13-10-17(11-13)15(20)16-8-4-7-12-5-2-1-3-6-12/h1-3,5-6,13H,4,7-11H2,(H,16,20)(H,18,19). The molecule has 1 aromatic carbocycles. The van der Waals surface area contributed by atoms with Crippen LogP contribution in [0.4, 0.5) is 4.79 Å². The summed E-state index contributed by atoms with van der Waals surface area (Å²) in [5.41, 5.74) is 1.27. The van der Waals surface area contributed by atoms with Gasteiger partial charge in [0, 0.05) is 25.6 Å². The zero-order valence-electron chi connectivity index (χ0n) is 11.4. The van der Waals surface area contributed by atoms with Gasteiger partial charge in [-0.1, -0.05) is 30.3 Å². The SMILES string of the molecule is O=C(O)CC1CN(C(=O)NCCCc2ccccc2)C1. The lowest BCUT2D eigenvalue weighted by Crippen LogP contribution is -2.54. The summed E-state index contributed by atoms with van der Waals surface area (Å²) in [7, 11) is 0. The van der Waals surface area contributed by atoms with Gasteiger partial charge in [0.25, 0.3) is 0 Å². The molecule has 2 amide bonds. The minimum Gasteiger partial charge on any atom is -0.481 e. The van der Waals surface area contributed by atoms with Crippen LogP contribution in [-0.4, -0.2) is 41.6 Å². The summed E-state index contributed by atoms with van der Waals surface area (Å²) in [5, 5.41) is 11.5. The fourth-order valence-electron chi connectivity index (χ4n) is 2.36. The molecular weight excluding hydrogens is 256 g/mol. The number of nitrogens with zero attached hydrogens (tertiary/aromatic N) is 1. The lowest BCUT2D eigenvalue weighted by Gasteiger charge is -2.38. The monoisotopic (exact) mass is 276 g/mol. The molecule has 0 saturated carbocycles. The zero-order chi connectivity index (χ0) is 14.4. The first-order valence-corrected chi connectivity index (χ1v) is 6.93. The Hall–Kier alpha value is -2.04. The minimum atomic E-state index is -0.794. The summed E-state index contributed by atoms with van der Waals surface area (Å²) >= 11 is 0. The number of aryl methyl sites for hydroxylation is 1. The summed E-state index contributed by atoms with van der Waals surface area (Å²) < 4.78 is 0. The molecule has 0 bridgehead atoms. The number of rotatable bonds is 6. The Morgan fingerprint density at radius 1 is 1.25 bits per heavy atom. The Balaban J connectivity index is 1.56. The minimum absolute atomic E-state index is 0.0836. The molecule has 1 fully saturated rings. The Labute approximate surface area is 118 Å². The Bertz CT molecular complexity index is 455. The molecule has 20 heavy (non-hydrogen) atoms. The van der Waals surface area contributed by atoms with E-state index >= 15 is 0 Å². The van der Waals surface area contributed by atoms with Crippen LogP contribution in [0.2, 0.25) is 0 Å². The Morgan fingerprint density at radius 2 is 1.95 bits per heavy atom. The van der Waals surface area contributed by atoms with Crippen LogP contribution in [0.5, 0.6) is 0 Å². The second-order valence-electron chi connectivity index (χ2n) is 5.19. The van der Waals surface area contributed by atoms with Crippen molar-refractivity contribution in [3.8, 4) is 0 Å². The first-order chi connectivity index (χ1) is 9.65. The van der Waals surface area contributed by atoms with E-state index in [1.165, 1.54) is 5.56 Å². The lowest BCUT2D eigenvalue weighted by atomic mass is 9.97. The molecule has 0 atom stereocenters. The van der Waals surface area contributed by atoms with Crippen molar-refractivity contribution in [3.63, 3.8) is 0 Å². The topological polar surface area (TPSA) is 69.6 Å². The third-order valence-electron chi connectivity index (χ3n) is 3.47. The molecule has 1 aliphatic rings. The van der Waals surface area contributed by atoms with Crippen LogP contribution in [0.3, 0.4) is 0 Å². The summed E-state index contributed by atoms with van der Waals surface area (Å²) in [4.78, 5) is 23.9. The van der Waals surface area contributed by atoms with Gasteiger partial charge >= 0.3 is 12.0 Å². The van der Waals surface area contributed by atoms with Gasteiger partial charge in [-0.05, 0) is 18.4 Å². The summed E-state index contributed by atoms with van der Waals surface area (Å²) in [5.74, 6) is -0.680. The van der Waals surface area contributed by atoms with Crippen molar-refractivity contribution in [1.82, 2.24) is 10.2 Å². The number of urea groups is 1. The third-order valence-corrected chi connectivity index (χ3v) is 3.47. The lowest BCUT2D eigenvalue weighted by molar-refractivity contribution is -0.139. The summed E-state index contributed by atoms with van der Waals surface area (Å²) in [6, 6.07) is 10.1. The fraction of sp³-hybridized carbons (Fsp3) is 0.467. The molecule has 0 unspecified atom stereocenters. The van der Waals surface area contributed by atoms with Crippen molar-refractivity contribution in [2.45, 2.75) is 19.3 Å². The molecule has 0 radical (unpaired) electrons. The predicted molar refractivity (Wildman–Crippen MR) is 75.5 cm³/mol. The highest BCUT2D eigenvalue weighted by Crippen LogP contribution is 2.18. The highest BCUT2D eigenvalue weighted by molar-refractivity contribution is 5.75. The van der Waals surface area contributed by atoms with Crippen LogP contribution < -0.4 is 5.32 Å². The summed E-state index contributed by atoms with van der Waals surface area (Å²) in [6.07, 6.45) is 2.00. The van der Waals surface area contributed by atoms with Crippen molar-refractivity contribution >= 4 is 12.0 Å². The predicted octanol–water partition coefficient (Wildman–Crippen LogP) is 1.74. The fourth-order valence-corrected chi connectivity index (χ4v) is 2.36. The number of likely N-dealkylation sites (tertiary alicyclic amines) is 1. The second kappa shape index (κ2) is 6.93.